The summed E-state index contributed by atoms with van der Waals surface area (Å²) in [5, 5.41) is 12.7. The highest BCUT2D eigenvalue weighted by molar-refractivity contribution is 5.90. The lowest BCUT2D eigenvalue weighted by Gasteiger charge is -2.35. The van der Waals surface area contributed by atoms with Gasteiger partial charge in [-0.3, -0.25) is 4.79 Å². The van der Waals surface area contributed by atoms with E-state index < -0.39 is 83.2 Å². The highest BCUT2D eigenvalue weighted by atomic mass is 19.3. The number of rotatable bonds is 1. The smallest absolute Gasteiger partial charge is 0.408 e. The van der Waals surface area contributed by atoms with Gasteiger partial charge in [0, 0.05) is 25.0 Å². The molecule has 6 rings (SSSR count). The van der Waals surface area contributed by atoms with Crippen LogP contribution in [-0.2, 0) is 20.2 Å². The number of carboxylic acid groups (broad SMARTS) is 1. The van der Waals surface area contributed by atoms with Gasteiger partial charge in [0.15, 0.2) is 17.3 Å². The summed E-state index contributed by atoms with van der Waals surface area (Å²) in [6, 6.07) is -1.17. The number of carboxylic acids is 1. The van der Waals surface area contributed by atoms with Gasteiger partial charge in [-0.15, -0.1) is 0 Å². The highest BCUT2D eigenvalue weighted by Crippen LogP contribution is 2.58. The summed E-state index contributed by atoms with van der Waals surface area (Å²) in [6.07, 6.45) is -0.520. The Morgan fingerprint density at radius 3 is 2.38 bits per heavy atom. The third kappa shape index (κ3) is 6.11. The largest absolute Gasteiger partial charge is 0.480 e. The number of carbonyl (C=O) groups excluding carboxylic acids is 2. The van der Waals surface area contributed by atoms with Gasteiger partial charge in [0.25, 0.3) is 5.92 Å². The molecule has 0 spiro atoms. The van der Waals surface area contributed by atoms with E-state index in [2.05, 4.69) is 15.3 Å². The number of hydrogen-bond acceptors (Lipinski definition) is 7. The molecule has 2 aliphatic heterocycles. The van der Waals surface area contributed by atoms with Gasteiger partial charge < -0.3 is 24.8 Å². The van der Waals surface area contributed by atoms with Crippen LogP contribution in [0.15, 0.2) is 12.1 Å². The maximum Gasteiger partial charge on any atom is 0.408 e. The number of halogens is 4. The molecule has 7 atom stereocenters. The van der Waals surface area contributed by atoms with Gasteiger partial charge in [-0.2, -0.15) is 8.78 Å². The molecule has 2 N–H and O–H groups in total. The predicted molar refractivity (Wildman–Crippen MR) is 150 cm³/mol. The van der Waals surface area contributed by atoms with Gasteiger partial charge in [0.05, 0.1) is 17.6 Å². The van der Waals surface area contributed by atoms with Crippen molar-refractivity contribution in [1.29, 1.82) is 0 Å². The van der Waals surface area contributed by atoms with Gasteiger partial charge >= 0.3 is 12.1 Å². The Balaban J connectivity index is 1.39. The minimum absolute atomic E-state index is 0.00926. The number of amides is 2. The maximum atomic E-state index is 15.8. The number of alkyl carbamates (subject to hydrolysis) is 1. The Morgan fingerprint density at radius 1 is 1.02 bits per heavy atom. The molecule has 2 amide bonds. The van der Waals surface area contributed by atoms with Crippen LogP contribution in [0.4, 0.5) is 22.4 Å². The number of carbonyl (C=O) groups is 3. The van der Waals surface area contributed by atoms with Crippen LogP contribution in [0.25, 0.3) is 11.0 Å². The van der Waals surface area contributed by atoms with E-state index in [0.717, 1.165) is 17.4 Å². The van der Waals surface area contributed by atoms with Crippen LogP contribution in [0.5, 0.6) is 5.88 Å². The highest BCUT2D eigenvalue weighted by Gasteiger charge is 2.55. The molecule has 3 heterocycles. The van der Waals surface area contributed by atoms with E-state index in [9.17, 15) is 28.3 Å². The number of ether oxygens (including phenoxy) is 2. The first kappa shape index (κ1) is 31.3. The van der Waals surface area contributed by atoms with Crippen molar-refractivity contribution in [2.45, 2.75) is 95.9 Å². The molecule has 244 valence electrons. The van der Waals surface area contributed by atoms with Crippen LogP contribution in [0, 0.1) is 34.8 Å². The molecule has 3 fully saturated rings. The van der Waals surface area contributed by atoms with Crippen molar-refractivity contribution in [2.75, 3.05) is 6.54 Å². The normalized spacial score (nSPS) is 31.9. The third-order valence-electron chi connectivity index (χ3n) is 9.58. The predicted octanol–water partition coefficient (Wildman–Crippen LogP) is 5.17. The molecule has 1 saturated heterocycles. The lowest BCUT2D eigenvalue weighted by Crippen LogP contribution is -2.57. The summed E-state index contributed by atoms with van der Waals surface area (Å²) >= 11 is 0. The molecule has 0 radical (unpaired) electrons. The molecule has 0 unspecified atom stereocenters. The number of fused-ring (bicyclic) bond motifs is 7. The van der Waals surface area contributed by atoms with E-state index in [4.69, 9.17) is 9.47 Å². The second kappa shape index (κ2) is 11.3. The van der Waals surface area contributed by atoms with Crippen molar-refractivity contribution in [1.82, 2.24) is 20.2 Å². The molecule has 14 heteroatoms. The van der Waals surface area contributed by atoms with Gasteiger partial charge in [0.1, 0.15) is 24.3 Å². The Hall–Kier alpha value is -3.71. The summed E-state index contributed by atoms with van der Waals surface area (Å²) in [4.78, 5) is 48.4. The van der Waals surface area contributed by atoms with Crippen molar-refractivity contribution in [3.8, 4) is 5.88 Å². The first-order valence-corrected chi connectivity index (χ1v) is 15.3. The van der Waals surface area contributed by atoms with Crippen LogP contribution < -0.4 is 10.1 Å². The summed E-state index contributed by atoms with van der Waals surface area (Å²) < 4.78 is 71.4. The molecular formula is C31H36F4N4O6. The van der Waals surface area contributed by atoms with E-state index in [1.54, 1.807) is 20.8 Å². The third-order valence-corrected chi connectivity index (χ3v) is 9.58. The van der Waals surface area contributed by atoms with Crippen LogP contribution in [-0.4, -0.2) is 68.8 Å². The fourth-order valence-electron chi connectivity index (χ4n) is 7.17. The standard InChI is InChI=1S/C31H36F4N4O6/c1-30(2,3)25-27(40)39-13-15(10-22(39)28(41)42)44-26-24(36-20-11-18(32)19(33)12-21(20)37-26)31(34,35)7-5-4-6-16-17-8-14(17)9-23(16)45-29(43)38-25/h11-12,14-17,22-23,25H,4-10,13H2,1-3H3,(H,38,43)(H,41,42)/t14-,15+,16+,17-,22-,23+,25+/m0/s1. The van der Waals surface area contributed by atoms with Gasteiger partial charge in [-0.1, -0.05) is 27.2 Å². The van der Waals surface area contributed by atoms with Gasteiger partial charge in [-0.25, -0.2) is 28.3 Å². The molecule has 2 saturated carbocycles. The van der Waals surface area contributed by atoms with Crippen LogP contribution in [0.2, 0.25) is 0 Å². The molecule has 1 aromatic carbocycles. The van der Waals surface area contributed by atoms with E-state index in [0.29, 0.717) is 37.2 Å². The number of aromatic nitrogens is 2. The van der Waals surface area contributed by atoms with E-state index >= 15 is 8.78 Å². The number of alkyl halides is 2. The van der Waals surface area contributed by atoms with Gasteiger partial charge in [-0.05, 0) is 48.9 Å². The monoisotopic (exact) mass is 636 g/mol. The first-order valence-electron chi connectivity index (χ1n) is 15.3. The minimum Gasteiger partial charge on any atom is -0.480 e. The summed E-state index contributed by atoms with van der Waals surface area (Å²) in [5.74, 6) is -8.07. The Bertz CT molecular complexity index is 1530. The number of benzene rings is 1. The van der Waals surface area contributed by atoms with E-state index in [1.807, 2.05) is 0 Å². The van der Waals surface area contributed by atoms with Crippen LogP contribution in [0.3, 0.4) is 0 Å². The molecule has 2 aromatic rings. The topological polar surface area (TPSA) is 131 Å². The van der Waals surface area contributed by atoms with Crippen LogP contribution >= 0.6 is 0 Å². The zero-order chi connectivity index (χ0) is 32.4. The molecular weight excluding hydrogens is 600 g/mol. The zero-order valence-electron chi connectivity index (χ0n) is 25.2. The van der Waals surface area contributed by atoms with Crippen molar-refractivity contribution >= 4 is 29.0 Å². The number of nitrogens with one attached hydrogen (secondary N) is 1. The molecule has 45 heavy (non-hydrogen) atoms. The summed E-state index contributed by atoms with van der Waals surface area (Å²) in [6.45, 7) is 4.83. The molecule has 2 aliphatic carbocycles. The summed E-state index contributed by atoms with van der Waals surface area (Å²) in [7, 11) is 0. The molecule has 2 bridgehead atoms. The molecule has 1 aromatic heterocycles. The van der Waals surface area contributed by atoms with Crippen molar-refractivity contribution in [2.24, 2.45) is 23.2 Å². The van der Waals surface area contributed by atoms with Crippen LogP contribution in [0.1, 0.15) is 71.4 Å². The van der Waals surface area contributed by atoms with E-state index in [1.165, 1.54) is 0 Å². The average molecular weight is 637 g/mol. The SMILES string of the molecule is CC(C)(C)[C@@H]1NC(=O)O[C@@H]2C[C@@H]3C[C@@H]3[C@H]2CCCCC(F)(F)c2nc3cc(F)c(F)cc3nc2O[C@@H]2C[C@@H](C(=O)O)N(C2)C1=O. The second-order valence-electron chi connectivity index (χ2n) is 13.8. The lowest BCUT2D eigenvalue weighted by molar-refractivity contribution is -0.150. The molecule has 4 aliphatic rings. The number of aliphatic carboxylic acids is 1. The fourth-order valence-corrected chi connectivity index (χ4v) is 7.17. The minimum atomic E-state index is -3.59. The Kier molecular flexibility index (Phi) is 7.83. The molecule has 10 nitrogen and oxygen atoms in total. The fraction of sp³-hybridized carbons (Fsp3) is 0.645. The van der Waals surface area contributed by atoms with E-state index in [-0.39, 0.29) is 36.3 Å². The Morgan fingerprint density at radius 2 is 1.71 bits per heavy atom. The quantitative estimate of drug-likeness (QED) is 0.410. The lowest BCUT2D eigenvalue weighted by atomic mass is 9.85. The first-order chi connectivity index (χ1) is 21.1. The summed E-state index contributed by atoms with van der Waals surface area (Å²) in [5.41, 5.74) is -2.25. The van der Waals surface area contributed by atoms with Crippen molar-refractivity contribution in [3.63, 3.8) is 0 Å². The van der Waals surface area contributed by atoms with Gasteiger partial charge in [0.2, 0.25) is 11.8 Å². The second-order valence-corrected chi connectivity index (χ2v) is 13.8. The zero-order valence-corrected chi connectivity index (χ0v) is 25.2. The maximum absolute atomic E-state index is 15.8. The van der Waals surface area contributed by atoms with Crippen molar-refractivity contribution < 1.29 is 46.5 Å². The Labute approximate surface area is 256 Å². The number of hydrogen-bond donors (Lipinski definition) is 2. The number of nitrogens with zero attached hydrogens (tertiary/aromatic N) is 3. The average Bonchev–Trinajstić information content (AvgIpc) is 3.43. The van der Waals surface area contributed by atoms with Crippen molar-refractivity contribution in [3.05, 3.63) is 29.5 Å².